The minimum absolute atomic E-state index is 0.0678. The summed E-state index contributed by atoms with van der Waals surface area (Å²) in [5.41, 5.74) is 4.68. The molecular formula is C22H21N3O2. The van der Waals surface area contributed by atoms with E-state index in [1.165, 1.54) is 0 Å². The molecule has 2 aromatic carbocycles. The molecule has 0 aliphatic heterocycles. The van der Waals surface area contributed by atoms with Crippen LogP contribution in [0.1, 0.15) is 27.0 Å². The smallest absolute Gasteiger partial charge is 0.256 e. The lowest BCUT2D eigenvalue weighted by Gasteiger charge is -2.10. The second-order valence-corrected chi connectivity index (χ2v) is 6.44. The summed E-state index contributed by atoms with van der Waals surface area (Å²) in [6.45, 7) is 3.97. The maximum absolute atomic E-state index is 12.6. The summed E-state index contributed by atoms with van der Waals surface area (Å²) < 4.78 is 0. The summed E-state index contributed by atoms with van der Waals surface area (Å²) in [6.07, 6.45) is 3.17. The molecule has 0 atom stereocenters. The minimum Gasteiger partial charge on any atom is -0.326 e. The van der Waals surface area contributed by atoms with Crippen LogP contribution in [0.5, 0.6) is 0 Å². The zero-order chi connectivity index (χ0) is 19.2. The number of pyridine rings is 1. The van der Waals surface area contributed by atoms with Gasteiger partial charge in [-0.25, -0.2) is 0 Å². The van der Waals surface area contributed by atoms with E-state index in [-0.39, 0.29) is 18.2 Å². The van der Waals surface area contributed by atoms with Gasteiger partial charge < -0.3 is 10.6 Å². The molecule has 0 bridgehead atoms. The van der Waals surface area contributed by atoms with Gasteiger partial charge in [-0.15, -0.1) is 0 Å². The molecule has 0 fully saturated rings. The van der Waals surface area contributed by atoms with Gasteiger partial charge in [-0.2, -0.15) is 0 Å². The van der Waals surface area contributed by atoms with Crippen LogP contribution in [0.4, 0.5) is 11.4 Å². The zero-order valence-corrected chi connectivity index (χ0v) is 15.3. The molecule has 0 saturated carbocycles. The van der Waals surface area contributed by atoms with E-state index >= 15 is 0 Å². The van der Waals surface area contributed by atoms with Crippen molar-refractivity contribution in [3.63, 3.8) is 0 Å². The first-order chi connectivity index (χ1) is 13.0. The van der Waals surface area contributed by atoms with Crippen molar-refractivity contribution in [3.8, 4) is 0 Å². The van der Waals surface area contributed by atoms with Crippen molar-refractivity contribution in [2.75, 3.05) is 10.6 Å². The first-order valence-electron chi connectivity index (χ1n) is 8.69. The lowest BCUT2D eigenvalue weighted by atomic mass is 10.1. The predicted octanol–water partition coefficient (Wildman–Crippen LogP) is 4.13. The Morgan fingerprint density at radius 1 is 0.815 bits per heavy atom. The number of rotatable bonds is 5. The quantitative estimate of drug-likeness (QED) is 0.719. The molecule has 3 aromatic rings. The summed E-state index contributed by atoms with van der Waals surface area (Å²) in [4.78, 5) is 29.1. The second-order valence-electron chi connectivity index (χ2n) is 6.44. The fraction of sp³-hybridized carbons (Fsp3) is 0.136. The monoisotopic (exact) mass is 359 g/mol. The first kappa shape index (κ1) is 18.3. The summed E-state index contributed by atoms with van der Waals surface area (Å²) in [7, 11) is 0. The first-order valence-corrected chi connectivity index (χ1v) is 8.69. The van der Waals surface area contributed by atoms with Crippen molar-refractivity contribution in [2.24, 2.45) is 0 Å². The van der Waals surface area contributed by atoms with Crippen LogP contribution in [0.25, 0.3) is 0 Å². The number of benzene rings is 2. The molecule has 0 spiro atoms. The summed E-state index contributed by atoms with van der Waals surface area (Å²) in [5, 5.41) is 5.70. The summed E-state index contributed by atoms with van der Waals surface area (Å²) in [6, 6.07) is 16.7. The third-order valence-electron chi connectivity index (χ3n) is 4.14. The molecule has 5 nitrogen and oxygen atoms in total. The molecule has 0 radical (unpaired) electrons. The largest absolute Gasteiger partial charge is 0.326 e. The highest BCUT2D eigenvalue weighted by molar-refractivity contribution is 6.06. The fourth-order valence-corrected chi connectivity index (χ4v) is 2.64. The molecule has 0 aliphatic rings. The van der Waals surface area contributed by atoms with Crippen molar-refractivity contribution in [3.05, 3.63) is 89.2 Å². The van der Waals surface area contributed by atoms with Crippen LogP contribution in [0.15, 0.2) is 67.0 Å². The van der Waals surface area contributed by atoms with Crippen molar-refractivity contribution in [1.29, 1.82) is 0 Å². The number of carbonyl (C=O) groups is 2. The molecule has 1 aromatic heterocycles. The van der Waals surface area contributed by atoms with Gasteiger partial charge in [0.2, 0.25) is 5.91 Å². The topological polar surface area (TPSA) is 71.1 Å². The van der Waals surface area contributed by atoms with E-state index in [1.54, 1.807) is 18.5 Å². The van der Waals surface area contributed by atoms with Crippen LogP contribution in [0.3, 0.4) is 0 Å². The number of aryl methyl sites for hydroxylation is 2. The second kappa shape index (κ2) is 8.27. The van der Waals surface area contributed by atoms with E-state index in [1.807, 2.05) is 62.4 Å². The average Bonchev–Trinajstić information content (AvgIpc) is 2.66. The molecule has 5 heteroatoms. The Balaban J connectivity index is 1.71. The van der Waals surface area contributed by atoms with Gasteiger partial charge in [0.15, 0.2) is 0 Å². The molecule has 2 N–H and O–H groups in total. The number of nitrogens with one attached hydrogen (secondary N) is 2. The highest BCUT2D eigenvalue weighted by Gasteiger charge is 2.14. The van der Waals surface area contributed by atoms with Crippen LogP contribution in [-0.2, 0) is 11.2 Å². The van der Waals surface area contributed by atoms with Crippen LogP contribution < -0.4 is 10.6 Å². The van der Waals surface area contributed by atoms with Gasteiger partial charge >= 0.3 is 0 Å². The maximum Gasteiger partial charge on any atom is 0.256 e. The lowest BCUT2D eigenvalue weighted by molar-refractivity contribution is -0.115. The molecule has 0 aliphatic carbocycles. The van der Waals surface area contributed by atoms with Crippen molar-refractivity contribution in [2.45, 2.75) is 20.3 Å². The molecular weight excluding hydrogens is 338 g/mol. The predicted molar refractivity (Wildman–Crippen MR) is 107 cm³/mol. The Labute approximate surface area is 158 Å². The van der Waals surface area contributed by atoms with Crippen molar-refractivity contribution >= 4 is 23.2 Å². The molecule has 1 heterocycles. The van der Waals surface area contributed by atoms with E-state index in [4.69, 9.17) is 0 Å². The van der Waals surface area contributed by atoms with Crippen molar-refractivity contribution < 1.29 is 9.59 Å². The average molecular weight is 359 g/mol. The minimum atomic E-state index is -0.264. The number of nitrogens with zero attached hydrogens (tertiary/aromatic N) is 1. The van der Waals surface area contributed by atoms with Gasteiger partial charge in [0.05, 0.1) is 6.42 Å². The van der Waals surface area contributed by atoms with E-state index in [0.29, 0.717) is 16.8 Å². The van der Waals surface area contributed by atoms with Gasteiger partial charge in [0, 0.05) is 29.3 Å². The van der Waals surface area contributed by atoms with E-state index in [9.17, 15) is 9.59 Å². The Hall–Kier alpha value is -3.47. The zero-order valence-electron chi connectivity index (χ0n) is 15.3. The number of carbonyl (C=O) groups excluding carboxylic acids is 2. The standard InChI is InChI=1S/C22H21N3O2/c1-15-3-7-18(8-4-15)24-21(26)13-17-14-23-12-11-20(17)22(27)25-19-9-5-16(2)6-10-19/h3-12,14H,13H2,1-2H3,(H,24,26)(H,25,27). The normalized spacial score (nSPS) is 10.3. The SMILES string of the molecule is Cc1ccc(NC(=O)Cc2cnccc2C(=O)Nc2ccc(C)cc2)cc1. The number of hydrogen-bond acceptors (Lipinski definition) is 3. The van der Waals surface area contributed by atoms with Gasteiger partial charge in [0.25, 0.3) is 5.91 Å². The van der Waals surface area contributed by atoms with Crippen LogP contribution >= 0.6 is 0 Å². The van der Waals surface area contributed by atoms with Gasteiger partial charge in [-0.3, -0.25) is 14.6 Å². The third kappa shape index (κ3) is 5.01. The Morgan fingerprint density at radius 2 is 1.37 bits per heavy atom. The molecule has 3 rings (SSSR count). The number of hydrogen-bond donors (Lipinski definition) is 2. The van der Waals surface area contributed by atoms with Gasteiger partial charge in [0.1, 0.15) is 0 Å². The number of amides is 2. The number of anilines is 2. The Morgan fingerprint density at radius 3 is 1.96 bits per heavy atom. The maximum atomic E-state index is 12.6. The van der Waals surface area contributed by atoms with E-state index in [0.717, 1.165) is 16.8 Å². The van der Waals surface area contributed by atoms with Crippen molar-refractivity contribution in [1.82, 2.24) is 4.98 Å². The van der Waals surface area contributed by atoms with E-state index in [2.05, 4.69) is 15.6 Å². The van der Waals surface area contributed by atoms with Crippen LogP contribution in [0, 0.1) is 13.8 Å². The van der Waals surface area contributed by atoms with Crippen LogP contribution in [-0.4, -0.2) is 16.8 Å². The lowest BCUT2D eigenvalue weighted by Crippen LogP contribution is -2.19. The summed E-state index contributed by atoms with van der Waals surface area (Å²) in [5.74, 6) is -0.462. The molecule has 27 heavy (non-hydrogen) atoms. The fourth-order valence-electron chi connectivity index (χ4n) is 2.64. The molecule has 0 saturated heterocycles. The number of aromatic nitrogens is 1. The Bertz CT molecular complexity index is 948. The Kier molecular flexibility index (Phi) is 5.61. The molecule has 136 valence electrons. The highest BCUT2D eigenvalue weighted by Crippen LogP contribution is 2.15. The highest BCUT2D eigenvalue weighted by atomic mass is 16.2. The molecule has 0 unspecified atom stereocenters. The molecule has 2 amide bonds. The van der Waals surface area contributed by atoms with Gasteiger partial charge in [-0.05, 0) is 49.7 Å². The van der Waals surface area contributed by atoms with E-state index < -0.39 is 0 Å². The third-order valence-corrected chi connectivity index (χ3v) is 4.14. The van der Waals surface area contributed by atoms with Crippen LogP contribution in [0.2, 0.25) is 0 Å². The van der Waals surface area contributed by atoms with Gasteiger partial charge in [-0.1, -0.05) is 35.4 Å². The summed E-state index contributed by atoms with van der Waals surface area (Å²) >= 11 is 0.